The Balaban J connectivity index is 1.38. The second kappa shape index (κ2) is 9.91. The lowest BCUT2D eigenvalue weighted by molar-refractivity contribution is -0.117. The molecule has 0 aliphatic carbocycles. The largest absolute Gasteiger partial charge is 0.493 e. The van der Waals surface area contributed by atoms with Gasteiger partial charge < -0.3 is 14.8 Å². The van der Waals surface area contributed by atoms with Crippen molar-refractivity contribution in [3.8, 4) is 17.2 Å². The number of anilines is 1. The van der Waals surface area contributed by atoms with Crippen LogP contribution in [-0.2, 0) is 11.8 Å². The first-order valence-electron chi connectivity index (χ1n) is 11.0. The first kappa shape index (κ1) is 22.6. The Hall–Kier alpha value is -3.59. The standard InChI is InChI=1S/C24H29N5O4/c1-27-24(31)29(19-7-5-4-6-8-19)23(26-27)17-11-13-28(14-12-17)16-22(30)25-18-9-10-20(32-2)21(15-18)33-3/h4-10,15,17H,11-14,16H2,1-3H3,(H,25,30). The number of methoxy groups -OCH3 is 2. The number of carbonyl (C=O) groups excluding carboxylic acids is 1. The zero-order chi connectivity index (χ0) is 23.4. The second-order valence-electron chi connectivity index (χ2n) is 8.10. The third kappa shape index (κ3) is 4.93. The number of amides is 1. The number of hydrogen-bond acceptors (Lipinski definition) is 6. The van der Waals surface area contributed by atoms with E-state index in [2.05, 4.69) is 15.3 Å². The van der Waals surface area contributed by atoms with Gasteiger partial charge in [0.1, 0.15) is 5.82 Å². The van der Waals surface area contributed by atoms with Gasteiger partial charge in [-0.15, -0.1) is 0 Å². The van der Waals surface area contributed by atoms with Crippen LogP contribution in [0.1, 0.15) is 24.6 Å². The van der Waals surface area contributed by atoms with Crippen molar-refractivity contribution in [2.45, 2.75) is 18.8 Å². The van der Waals surface area contributed by atoms with Crippen LogP contribution in [0.5, 0.6) is 11.5 Å². The highest BCUT2D eigenvalue weighted by molar-refractivity contribution is 5.92. The van der Waals surface area contributed by atoms with Crippen LogP contribution in [0.4, 0.5) is 5.69 Å². The molecule has 0 bridgehead atoms. The number of carbonyl (C=O) groups is 1. The van der Waals surface area contributed by atoms with Gasteiger partial charge in [0.25, 0.3) is 0 Å². The van der Waals surface area contributed by atoms with E-state index in [1.807, 2.05) is 30.3 Å². The molecular formula is C24H29N5O4. The van der Waals surface area contributed by atoms with Crippen LogP contribution in [0.25, 0.3) is 5.69 Å². The molecule has 9 nitrogen and oxygen atoms in total. The van der Waals surface area contributed by atoms with E-state index in [-0.39, 0.29) is 17.5 Å². The van der Waals surface area contributed by atoms with Gasteiger partial charge in [0.15, 0.2) is 11.5 Å². The van der Waals surface area contributed by atoms with E-state index in [0.717, 1.165) is 37.4 Å². The van der Waals surface area contributed by atoms with Crippen molar-refractivity contribution in [3.63, 3.8) is 0 Å². The van der Waals surface area contributed by atoms with Gasteiger partial charge in [0, 0.05) is 24.7 Å². The molecule has 2 heterocycles. The van der Waals surface area contributed by atoms with Crippen molar-refractivity contribution in [1.82, 2.24) is 19.2 Å². The molecule has 0 saturated carbocycles. The lowest BCUT2D eigenvalue weighted by atomic mass is 9.95. The summed E-state index contributed by atoms with van der Waals surface area (Å²) < 4.78 is 13.6. The molecule has 1 fully saturated rings. The third-order valence-corrected chi connectivity index (χ3v) is 5.95. The Morgan fingerprint density at radius 3 is 2.42 bits per heavy atom. The Bertz CT molecular complexity index is 1160. The first-order chi connectivity index (χ1) is 16.0. The highest BCUT2D eigenvalue weighted by Crippen LogP contribution is 2.30. The molecule has 1 aliphatic rings. The third-order valence-electron chi connectivity index (χ3n) is 5.95. The molecule has 1 aromatic heterocycles. The molecule has 0 radical (unpaired) electrons. The summed E-state index contributed by atoms with van der Waals surface area (Å²) in [5.41, 5.74) is 1.34. The van der Waals surface area contributed by atoms with Crippen molar-refractivity contribution < 1.29 is 14.3 Å². The molecule has 1 saturated heterocycles. The van der Waals surface area contributed by atoms with E-state index in [0.29, 0.717) is 23.7 Å². The summed E-state index contributed by atoms with van der Waals surface area (Å²) in [6.07, 6.45) is 1.65. The summed E-state index contributed by atoms with van der Waals surface area (Å²) in [5, 5.41) is 7.45. The highest BCUT2D eigenvalue weighted by Gasteiger charge is 2.27. The van der Waals surface area contributed by atoms with E-state index in [1.165, 1.54) is 4.68 Å². The molecule has 2 aromatic carbocycles. The predicted molar refractivity (Wildman–Crippen MR) is 125 cm³/mol. The van der Waals surface area contributed by atoms with Crippen molar-refractivity contribution in [3.05, 3.63) is 64.8 Å². The van der Waals surface area contributed by atoms with E-state index in [4.69, 9.17) is 9.47 Å². The SMILES string of the molecule is COc1ccc(NC(=O)CN2CCC(c3nn(C)c(=O)n3-c3ccccc3)CC2)cc1OC. The van der Waals surface area contributed by atoms with Gasteiger partial charge >= 0.3 is 5.69 Å². The summed E-state index contributed by atoms with van der Waals surface area (Å²) in [6, 6.07) is 14.9. The minimum atomic E-state index is -0.145. The summed E-state index contributed by atoms with van der Waals surface area (Å²) in [5.74, 6) is 2.03. The fourth-order valence-corrected chi connectivity index (χ4v) is 4.23. The molecule has 4 rings (SSSR count). The Kier molecular flexibility index (Phi) is 6.79. The van der Waals surface area contributed by atoms with Gasteiger partial charge in [-0.1, -0.05) is 18.2 Å². The number of likely N-dealkylation sites (tertiary alicyclic amines) is 1. The molecule has 0 atom stereocenters. The molecule has 3 aromatic rings. The number of ether oxygens (including phenoxy) is 2. The molecule has 0 unspecified atom stereocenters. The maximum atomic E-state index is 12.7. The highest BCUT2D eigenvalue weighted by atomic mass is 16.5. The van der Waals surface area contributed by atoms with Crippen molar-refractivity contribution in [1.29, 1.82) is 0 Å². The number of nitrogens with zero attached hydrogens (tertiary/aromatic N) is 4. The number of rotatable bonds is 7. The van der Waals surface area contributed by atoms with Crippen LogP contribution in [0, 0.1) is 0 Å². The number of hydrogen-bond donors (Lipinski definition) is 1. The van der Waals surface area contributed by atoms with Crippen LogP contribution in [0.15, 0.2) is 53.3 Å². The molecular weight excluding hydrogens is 422 g/mol. The second-order valence-corrected chi connectivity index (χ2v) is 8.10. The zero-order valence-corrected chi connectivity index (χ0v) is 19.2. The van der Waals surface area contributed by atoms with Crippen molar-refractivity contribution >= 4 is 11.6 Å². The van der Waals surface area contributed by atoms with Gasteiger partial charge in [-0.2, -0.15) is 5.10 Å². The van der Waals surface area contributed by atoms with Crippen LogP contribution in [0.3, 0.4) is 0 Å². The molecule has 1 amide bonds. The summed E-state index contributed by atoms with van der Waals surface area (Å²) in [6.45, 7) is 1.81. The Labute approximate surface area is 192 Å². The molecule has 9 heteroatoms. The van der Waals surface area contributed by atoms with Gasteiger partial charge in [-0.05, 0) is 50.2 Å². The smallest absolute Gasteiger partial charge is 0.350 e. The van der Waals surface area contributed by atoms with E-state index in [1.54, 1.807) is 44.0 Å². The lowest BCUT2D eigenvalue weighted by Crippen LogP contribution is -2.39. The maximum absolute atomic E-state index is 12.7. The number of aryl methyl sites for hydroxylation is 1. The summed E-state index contributed by atoms with van der Waals surface area (Å²) in [4.78, 5) is 27.4. The normalized spacial score (nSPS) is 14.8. The van der Waals surface area contributed by atoms with Gasteiger partial charge in [-0.3, -0.25) is 9.69 Å². The van der Waals surface area contributed by atoms with E-state index >= 15 is 0 Å². The summed E-state index contributed by atoms with van der Waals surface area (Å²) in [7, 11) is 4.81. The zero-order valence-electron chi connectivity index (χ0n) is 19.2. The number of benzene rings is 2. The fraction of sp³-hybridized carbons (Fsp3) is 0.375. The maximum Gasteiger partial charge on any atom is 0.350 e. The number of para-hydroxylation sites is 1. The van der Waals surface area contributed by atoms with Crippen LogP contribution < -0.4 is 20.5 Å². The number of piperidine rings is 1. The van der Waals surface area contributed by atoms with Gasteiger partial charge in [0.2, 0.25) is 5.91 Å². The monoisotopic (exact) mass is 451 g/mol. The molecule has 174 valence electrons. The van der Waals surface area contributed by atoms with Crippen molar-refractivity contribution in [2.75, 3.05) is 39.2 Å². The quantitative estimate of drug-likeness (QED) is 0.593. The summed E-state index contributed by atoms with van der Waals surface area (Å²) >= 11 is 0. The molecule has 1 N–H and O–H groups in total. The minimum absolute atomic E-state index is 0.0836. The van der Waals surface area contributed by atoms with Crippen LogP contribution in [0.2, 0.25) is 0 Å². The molecule has 33 heavy (non-hydrogen) atoms. The topological polar surface area (TPSA) is 90.6 Å². The predicted octanol–water partition coefficient (Wildman–Crippen LogP) is 2.41. The van der Waals surface area contributed by atoms with Gasteiger partial charge in [0.05, 0.1) is 26.5 Å². The van der Waals surface area contributed by atoms with Crippen LogP contribution in [-0.4, -0.2) is 59.0 Å². The number of aromatic nitrogens is 3. The average molecular weight is 452 g/mol. The molecule has 0 spiro atoms. The van der Waals surface area contributed by atoms with E-state index in [9.17, 15) is 9.59 Å². The average Bonchev–Trinajstić information content (AvgIpc) is 3.14. The molecule has 1 aliphatic heterocycles. The fourth-order valence-electron chi connectivity index (χ4n) is 4.23. The van der Waals surface area contributed by atoms with Crippen molar-refractivity contribution in [2.24, 2.45) is 7.05 Å². The van der Waals surface area contributed by atoms with Crippen LogP contribution >= 0.6 is 0 Å². The minimum Gasteiger partial charge on any atom is -0.493 e. The first-order valence-corrected chi connectivity index (χ1v) is 11.0. The number of nitrogens with one attached hydrogen (secondary N) is 1. The lowest BCUT2D eigenvalue weighted by Gasteiger charge is -2.31. The Morgan fingerprint density at radius 1 is 1.06 bits per heavy atom. The van der Waals surface area contributed by atoms with Gasteiger partial charge in [-0.25, -0.2) is 14.0 Å². The Morgan fingerprint density at radius 2 is 1.76 bits per heavy atom. The van der Waals surface area contributed by atoms with E-state index < -0.39 is 0 Å².